The topological polar surface area (TPSA) is 20.3 Å². The highest BCUT2D eigenvalue weighted by Crippen LogP contribution is 2.32. The molecule has 2 rings (SSSR count). The van der Waals surface area contributed by atoms with Crippen molar-refractivity contribution in [2.24, 2.45) is 5.92 Å². The lowest BCUT2D eigenvalue weighted by molar-refractivity contribution is -0.127. The number of rotatable bonds is 1. The van der Waals surface area contributed by atoms with Crippen molar-refractivity contribution in [1.82, 2.24) is 4.90 Å². The second kappa shape index (κ2) is 4.18. The van der Waals surface area contributed by atoms with Crippen LogP contribution < -0.4 is 0 Å². The van der Waals surface area contributed by atoms with E-state index >= 15 is 0 Å². The molecule has 1 aliphatic carbocycles. The Morgan fingerprint density at radius 1 is 1.64 bits per heavy atom. The Labute approximate surface area is 89.2 Å². The van der Waals surface area contributed by atoms with Gasteiger partial charge in [0.15, 0.2) is 0 Å². The van der Waals surface area contributed by atoms with E-state index in [1.54, 1.807) is 0 Å². The van der Waals surface area contributed by atoms with Gasteiger partial charge in [0.1, 0.15) is 5.88 Å². The van der Waals surface area contributed by atoms with Crippen LogP contribution in [-0.4, -0.2) is 23.2 Å². The van der Waals surface area contributed by atoms with Crippen molar-refractivity contribution < 1.29 is 4.79 Å². The van der Waals surface area contributed by atoms with Gasteiger partial charge in [0, 0.05) is 18.2 Å². The molecular weight excluding hydrogens is 198 g/mol. The molecule has 0 radical (unpaired) electrons. The van der Waals surface area contributed by atoms with Crippen LogP contribution in [0.4, 0.5) is 0 Å². The largest absolute Gasteiger partial charge is 0.315 e. The number of fused-ring (bicyclic) bond motifs is 1. The zero-order valence-electron chi connectivity index (χ0n) is 8.08. The number of hydrogen-bond acceptors (Lipinski definition) is 1. The molecule has 1 amide bonds. The molecule has 2 aliphatic rings. The zero-order valence-corrected chi connectivity index (χ0v) is 8.83. The molecule has 76 valence electrons. The first kappa shape index (κ1) is 9.78. The third-order valence-electron chi connectivity index (χ3n) is 2.90. The number of alkyl halides is 1. The average Bonchev–Trinajstić information content (AvgIpc) is 2.27. The molecule has 0 aromatic rings. The molecule has 0 bridgehead atoms. The SMILES string of the molecule is O=C(CCl)N1CCCC2CC=CC=C21. The van der Waals surface area contributed by atoms with E-state index in [0.717, 1.165) is 19.4 Å². The van der Waals surface area contributed by atoms with E-state index in [1.807, 2.05) is 11.0 Å². The van der Waals surface area contributed by atoms with Gasteiger partial charge in [-0.3, -0.25) is 4.79 Å². The first-order valence-corrected chi connectivity index (χ1v) is 5.59. The second-order valence-corrected chi connectivity index (χ2v) is 4.04. The van der Waals surface area contributed by atoms with Crippen LogP contribution in [0.25, 0.3) is 0 Å². The van der Waals surface area contributed by atoms with E-state index in [-0.39, 0.29) is 11.8 Å². The molecule has 1 heterocycles. The van der Waals surface area contributed by atoms with Gasteiger partial charge in [-0.2, -0.15) is 0 Å². The first-order valence-electron chi connectivity index (χ1n) is 5.06. The zero-order chi connectivity index (χ0) is 9.97. The summed E-state index contributed by atoms with van der Waals surface area (Å²) in [6, 6.07) is 0. The monoisotopic (exact) mass is 211 g/mol. The number of likely N-dealkylation sites (tertiary alicyclic amines) is 1. The van der Waals surface area contributed by atoms with Crippen LogP contribution in [0.3, 0.4) is 0 Å². The van der Waals surface area contributed by atoms with Crippen molar-refractivity contribution in [1.29, 1.82) is 0 Å². The van der Waals surface area contributed by atoms with Gasteiger partial charge in [-0.25, -0.2) is 0 Å². The number of nitrogens with zero attached hydrogens (tertiary/aromatic N) is 1. The normalized spacial score (nSPS) is 25.6. The van der Waals surface area contributed by atoms with Gasteiger partial charge in [0.2, 0.25) is 5.91 Å². The summed E-state index contributed by atoms with van der Waals surface area (Å²) in [5.41, 5.74) is 1.17. The Morgan fingerprint density at radius 3 is 3.29 bits per heavy atom. The summed E-state index contributed by atoms with van der Waals surface area (Å²) in [5, 5.41) is 0. The van der Waals surface area contributed by atoms with E-state index in [0.29, 0.717) is 5.92 Å². The van der Waals surface area contributed by atoms with Gasteiger partial charge < -0.3 is 4.90 Å². The molecule has 0 saturated carbocycles. The smallest absolute Gasteiger partial charge is 0.241 e. The summed E-state index contributed by atoms with van der Waals surface area (Å²) in [4.78, 5) is 13.4. The van der Waals surface area contributed by atoms with Crippen molar-refractivity contribution in [3.8, 4) is 0 Å². The molecule has 2 nitrogen and oxygen atoms in total. The van der Waals surface area contributed by atoms with Crippen molar-refractivity contribution >= 4 is 17.5 Å². The summed E-state index contributed by atoms with van der Waals surface area (Å²) < 4.78 is 0. The summed E-state index contributed by atoms with van der Waals surface area (Å²) >= 11 is 5.58. The fraction of sp³-hybridized carbons (Fsp3) is 0.545. The van der Waals surface area contributed by atoms with E-state index < -0.39 is 0 Å². The fourth-order valence-electron chi connectivity index (χ4n) is 2.21. The van der Waals surface area contributed by atoms with E-state index in [4.69, 9.17) is 11.6 Å². The maximum Gasteiger partial charge on any atom is 0.241 e. The van der Waals surface area contributed by atoms with E-state index in [1.165, 1.54) is 12.1 Å². The van der Waals surface area contributed by atoms with Gasteiger partial charge >= 0.3 is 0 Å². The van der Waals surface area contributed by atoms with Crippen LogP contribution in [0.15, 0.2) is 23.9 Å². The van der Waals surface area contributed by atoms with Crippen LogP contribution in [0.5, 0.6) is 0 Å². The predicted octanol–water partition coefficient (Wildman–Crippen LogP) is 2.31. The Hall–Kier alpha value is -0.760. The van der Waals surface area contributed by atoms with Crippen molar-refractivity contribution in [2.45, 2.75) is 19.3 Å². The quantitative estimate of drug-likeness (QED) is 0.610. The number of allylic oxidation sites excluding steroid dienone is 4. The molecule has 0 spiro atoms. The molecule has 0 N–H and O–H groups in total. The number of carbonyl (C=O) groups is 1. The number of carbonyl (C=O) groups excluding carboxylic acids is 1. The van der Waals surface area contributed by atoms with E-state index in [2.05, 4.69) is 12.2 Å². The fourth-order valence-corrected chi connectivity index (χ4v) is 2.35. The van der Waals surface area contributed by atoms with Crippen LogP contribution >= 0.6 is 11.6 Å². The second-order valence-electron chi connectivity index (χ2n) is 3.77. The van der Waals surface area contributed by atoms with Crippen LogP contribution in [0, 0.1) is 5.92 Å². The molecule has 1 unspecified atom stereocenters. The van der Waals surface area contributed by atoms with Crippen LogP contribution in [-0.2, 0) is 4.79 Å². The maximum absolute atomic E-state index is 11.6. The molecule has 14 heavy (non-hydrogen) atoms. The Balaban J connectivity index is 2.20. The summed E-state index contributed by atoms with van der Waals surface area (Å²) in [6.45, 7) is 0.835. The lowest BCUT2D eigenvalue weighted by Gasteiger charge is -2.36. The van der Waals surface area contributed by atoms with Crippen molar-refractivity contribution in [3.05, 3.63) is 23.9 Å². The lowest BCUT2D eigenvalue weighted by Crippen LogP contribution is -2.39. The highest BCUT2D eigenvalue weighted by atomic mass is 35.5. The number of amides is 1. The predicted molar refractivity (Wildman–Crippen MR) is 57.0 cm³/mol. The number of hydrogen-bond donors (Lipinski definition) is 0. The molecule has 1 aliphatic heterocycles. The summed E-state index contributed by atoms with van der Waals surface area (Å²) in [6.07, 6.45) is 9.62. The molecule has 0 aromatic heterocycles. The first-order chi connectivity index (χ1) is 6.83. The number of halogens is 1. The van der Waals surface area contributed by atoms with Crippen molar-refractivity contribution in [3.63, 3.8) is 0 Å². The Kier molecular flexibility index (Phi) is 2.92. The minimum absolute atomic E-state index is 0.0397. The van der Waals surface area contributed by atoms with Crippen LogP contribution in [0.1, 0.15) is 19.3 Å². The maximum atomic E-state index is 11.6. The number of piperidine rings is 1. The summed E-state index contributed by atoms with van der Waals surface area (Å²) in [7, 11) is 0. The molecule has 1 saturated heterocycles. The summed E-state index contributed by atoms with van der Waals surface area (Å²) in [5.74, 6) is 0.673. The third kappa shape index (κ3) is 1.71. The van der Waals surface area contributed by atoms with Crippen molar-refractivity contribution in [2.75, 3.05) is 12.4 Å². The minimum atomic E-state index is 0.0397. The molecule has 0 aromatic carbocycles. The van der Waals surface area contributed by atoms with E-state index in [9.17, 15) is 4.79 Å². The lowest BCUT2D eigenvalue weighted by atomic mass is 9.88. The molecule has 1 fully saturated rings. The van der Waals surface area contributed by atoms with Gasteiger partial charge in [-0.15, -0.1) is 11.6 Å². The van der Waals surface area contributed by atoms with Crippen LogP contribution in [0.2, 0.25) is 0 Å². The third-order valence-corrected chi connectivity index (χ3v) is 3.13. The van der Waals surface area contributed by atoms with Gasteiger partial charge in [-0.05, 0) is 25.3 Å². The minimum Gasteiger partial charge on any atom is -0.315 e. The molecule has 1 atom stereocenters. The van der Waals surface area contributed by atoms with Gasteiger partial charge in [0.05, 0.1) is 0 Å². The highest BCUT2D eigenvalue weighted by molar-refractivity contribution is 6.27. The van der Waals surface area contributed by atoms with Gasteiger partial charge in [0.25, 0.3) is 0 Å². The molecular formula is C11H14ClNO. The molecule has 3 heteroatoms. The van der Waals surface area contributed by atoms with Gasteiger partial charge in [-0.1, -0.05) is 12.2 Å². The Morgan fingerprint density at radius 2 is 2.50 bits per heavy atom. The highest BCUT2D eigenvalue weighted by Gasteiger charge is 2.28. The Bertz CT molecular complexity index is 296. The standard InChI is InChI=1S/C11H14ClNO/c12-8-11(14)13-7-3-5-9-4-1-2-6-10(9)13/h1-2,6,9H,3-5,7-8H2. The average molecular weight is 212 g/mol.